The average Bonchev–Trinajstić information content (AvgIpc) is 3.03. The van der Waals surface area contributed by atoms with Gasteiger partial charge in [-0.15, -0.1) is 0 Å². The number of ether oxygens (including phenoxy) is 1. The van der Waals surface area contributed by atoms with E-state index in [0.29, 0.717) is 11.6 Å². The van der Waals surface area contributed by atoms with E-state index in [1.54, 1.807) is 0 Å². The fourth-order valence-electron chi connectivity index (χ4n) is 1.73. The molecule has 0 spiro atoms. The Morgan fingerprint density at radius 1 is 1.35 bits per heavy atom. The maximum atomic E-state index is 10.3. The zero-order chi connectivity index (χ0) is 13.9. The Hall–Kier alpha value is -2.67. The molecule has 0 aliphatic rings. The van der Waals surface area contributed by atoms with E-state index in [-0.39, 0.29) is 12.5 Å². The number of para-hydroxylation sites is 1. The van der Waals surface area contributed by atoms with Gasteiger partial charge in [-0.25, -0.2) is 4.79 Å². The largest absolute Gasteiger partial charge is 0.480 e. The van der Waals surface area contributed by atoms with E-state index in [1.165, 1.54) is 0 Å². The van der Waals surface area contributed by atoms with Gasteiger partial charge in [0.05, 0.1) is 0 Å². The van der Waals surface area contributed by atoms with E-state index >= 15 is 0 Å². The summed E-state index contributed by atoms with van der Waals surface area (Å²) in [6.45, 7) is -0.470. The summed E-state index contributed by atoms with van der Waals surface area (Å²) in [6.07, 6.45) is 0. The molecule has 0 atom stereocenters. The van der Waals surface area contributed by atoms with E-state index in [1.807, 2.05) is 30.3 Å². The second-order valence-electron chi connectivity index (χ2n) is 4.05. The number of aromatic nitrogens is 2. The Morgan fingerprint density at radius 2 is 2.20 bits per heavy atom. The number of hydrogen-bond acceptors (Lipinski definition) is 6. The molecule has 7 heteroatoms. The van der Waals surface area contributed by atoms with Crippen molar-refractivity contribution < 1.29 is 23.6 Å². The standard InChI is InChI=1S/C13H10N2O5/c16-12(17)7-18-6-11-14-13(15-20-11)10-5-8-3-1-2-4-9(8)19-10/h1-5H,6-7H2,(H,16,17). The molecule has 1 aromatic carbocycles. The summed E-state index contributed by atoms with van der Waals surface area (Å²) in [6, 6.07) is 9.34. The minimum absolute atomic E-state index is 0.0560. The van der Waals surface area contributed by atoms with Crippen LogP contribution in [0, 0.1) is 0 Å². The Balaban J connectivity index is 1.77. The van der Waals surface area contributed by atoms with Gasteiger partial charge in [0.2, 0.25) is 5.82 Å². The van der Waals surface area contributed by atoms with Crippen molar-refractivity contribution >= 4 is 16.9 Å². The number of rotatable bonds is 5. The molecule has 7 nitrogen and oxygen atoms in total. The van der Waals surface area contributed by atoms with Crippen molar-refractivity contribution in [2.75, 3.05) is 6.61 Å². The summed E-state index contributed by atoms with van der Waals surface area (Å²) in [5.74, 6) is -0.0710. The van der Waals surface area contributed by atoms with Crippen LogP contribution in [-0.2, 0) is 16.1 Å². The first-order valence-electron chi connectivity index (χ1n) is 5.83. The highest BCUT2D eigenvalue weighted by atomic mass is 16.5. The van der Waals surface area contributed by atoms with Crippen molar-refractivity contribution in [3.63, 3.8) is 0 Å². The molecular weight excluding hydrogens is 264 g/mol. The monoisotopic (exact) mass is 274 g/mol. The smallest absolute Gasteiger partial charge is 0.329 e. The van der Waals surface area contributed by atoms with Gasteiger partial charge in [-0.3, -0.25) is 0 Å². The lowest BCUT2D eigenvalue weighted by Gasteiger charge is -1.93. The normalized spacial score (nSPS) is 11.0. The molecule has 0 aliphatic carbocycles. The summed E-state index contributed by atoms with van der Waals surface area (Å²) in [7, 11) is 0. The van der Waals surface area contributed by atoms with Crippen LogP contribution >= 0.6 is 0 Å². The average molecular weight is 274 g/mol. The van der Waals surface area contributed by atoms with Gasteiger partial charge in [-0.05, 0) is 12.1 Å². The van der Waals surface area contributed by atoms with Gasteiger partial charge in [0.25, 0.3) is 5.89 Å². The SMILES string of the molecule is O=C(O)COCc1nc(-c2cc3ccccc3o2)no1. The van der Waals surface area contributed by atoms with Crippen molar-refractivity contribution in [2.24, 2.45) is 0 Å². The van der Waals surface area contributed by atoms with E-state index in [4.69, 9.17) is 18.8 Å². The number of nitrogens with zero attached hydrogens (tertiary/aromatic N) is 2. The summed E-state index contributed by atoms with van der Waals surface area (Å²) >= 11 is 0. The molecule has 2 heterocycles. The van der Waals surface area contributed by atoms with Crippen molar-refractivity contribution in [1.82, 2.24) is 10.1 Å². The van der Waals surface area contributed by atoms with Gasteiger partial charge in [0.1, 0.15) is 18.8 Å². The summed E-state index contributed by atoms with van der Waals surface area (Å²) in [4.78, 5) is 14.4. The molecule has 0 amide bonds. The lowest BCUT2D eigenvalue weighted by molar-refractivity contribution is -0.142. The summed E-state index contributed by atoms with van der Waals surface area (Å²) in [5.41, 5.74) is 0.732. The van der Waals surface area contributed by atoms with E-state index in [2.05, 4.69) is 10.1 Å². The number of aliphatic carboxylic acids is 1. The maximum absolute atomic E-state index is 10.3. The van der Waals surface area contributed by atoms with Gasteiger partial charge >= 0.3 is 5.97 Å². The van der Waals surface area contributed by atoms with Gasteiger partial charge in [0, 0.05) is 5.39 Å². The highest BCUT2D eigenvalue weighted by Crippen LogP contribution is 2.25. The molecule has 102 valence electrons. The third-order valence-electron chi connectivity index (χ3n) is 2.57. The lowest BCUT2D eigenvalue weighted by Crippen LogP contribution is -2.06. The third-order valence-corrected chi connectivity index (χ3v) is 2.57. The molecule has 0 bridgehead atoms. The van der Waals surface area contributed by atoms with Crippen molar-refractivity contribution in [3.05, 3.63) is 36.2 Å². The molecule has 0 saturated heterocycles. The molecule has 0 fully saturated rings. The summed E-state index contributed by atoms with van der Waals surface area (Å²) in [5, 5.41) is 13.2. The fourth-order valence-corrected chi connectivity index (χ4v) is 1.73. The quantitative estimate of drug-likeness (QED) is 0.760. The molecule has 1 N–H and O–H groups in total. The second kappa shape index (κ2) is 5.14. The van der Waals surface area contributed by atoms with E-state index < -0.39 is 12.6 Å². The van der Waals surface area contributed by atoms with Crippen molar-refractivity contribution in [2.45, 2.75) is 6.61 Å². The van der Waals surface area contributed by atoms with Crippen LogP contribution in [0.1, 0.15) is 5.89 Å². The number of carbonyl (C=O) groups is 1. The van der Waals surface area contributed by atoms with Gasteiger partial charge < -0.3 is 18.8 Å². The highest BCUT2D eigenvalue weighted by Gasteiger charge is 2.13. The first-order chi connectivity index (χ1) is 9.72. The minimum atomic E-state index is -1.05. The van der Waals surface area contributed by atoms with Crippen LogP contribution in [-0.4, -0.2) is 27.8 Å². The Kier molecular flexibility index (Phi) is 3.18. The predicted molar refractivity (Wildman–Crippen MR) is 66.8 cm³/mol. The van der Waals surface area contributed by atoms with E-state index in [0.717, 1.165) is 11.0 Å². The molecule has 0 aliphatic heterocycles. The molecule has 3 rings (SSSR count). The van der Waals surface area contributed by atoms with Crippen LogP contribution < -0.4 is 0 Å². The van der Waals surface area contributed by atoms with Crippen LogP contribution in [0.2, 0.25) is 0 Å². The predicted octanol–water partition coefficient (Wildman–Crippen LogP) is 2.08. The first-order valence-corrected chi connectivity index (χ1v) is 5.83. The van der Waals surface area contributed by atoms with Crippen LogP contribution in [0.25, 0.3) is 22.6 Å². The Morgan fingerprint density at radius 3 is 3.00 bits per heavy atom. The molecule has 20 heavy (non-hydrogen) atoms. The molecule has 0 unspecified atom stereocenters. The first kappa shape index (κ1) is 12.4. The molecule has 0 radical (unpaired) electrons. The topological polar surface area (TPSA) is 98.6 Å². The van der Waals surface area contributed by atoms with Crippen molar-refractivity contribution in [3.8, 4) is 11.6 Å². The Bertz CT molecular complexity index is 713. The van der Waals surface area contributed by atoms with Crippen molar-refractivity contribution in [1.29, 1.82) is 0 Å². The Labute approximate surface area is 112 Å². The highest BCUT2D eigenvalue weighted by molar-refractivity contribution is 5.81. The number of benzene rings is 1. The van der Waals surface area contributed by atoms with Crippen LogP contribution in [0.4, 0.5) is 0 Å². The number of carboxylic acid groups (broad SMARTS) is 1. The zero-order valence-corrected chi connectivity index (χ0v) is 10.3. The maximum Gasteiger partial charge on any atom is 0.329 e. The summed E-state index contributed by atoms with van der Waals surface area (Å²) < 4.78 is 15.4. The lowest BCUT2D eigenvalue weighted by atomic mass is 10.2. The molecule has 0 saturated carbocycles. The second-order valence-corrected chi connectivity index (χ2v) is 4.05. The number of furan rings is 1. The minimum Gasteiger partial charge on any atom is -0.480 e. The fraction of sp³-hybridized carbons (Fsp3) is 0.154. The van der Waals surface area contributed by atoms with Gasteiger partial charge in [0.15, 0.2) is 5.76 Å². The molecule has 3 aromatic rings. The number of carboxylic acids is 1. The van der Waals surface area contributed by atoms with Crippen LogP contribution in [0.3, 0.4) is 0 Å². The molecule has 2 aromatic heterocycles. The number of hydrogen-bond donors (Lipinski definition) is 1. The number of fused-ring (bicyclic) bond motifs is 1. The van der Waals surface area contributed by atoms with Gasteiger partial charge in [-0.1, -0.05) is 23.4 Å². The third kappa shape index (κ3) is 2.52. The zero-order valence-electron chi connectivity index (χ0n) is 10.3. The van der Waals surface area contributed by atoms with Crippen LogP contribution in [0.15, 0.2) is 39.3 Å². The van der Waals surface area contributed by atoms with Crippen LogP contribution in [0.5, 0.6) is 0 Å². The van der Waals surface area contributed by atoms with E-state index in [9.17, 15) is 4.79 Å². The molecular formula is C13H10N2O5. The van der Waals surface area contributed by atoms with Gasteiger partial charge in [-0.2, -0.15) is 4.98 Å².